The summed E-state index contributed by atoms with van der Waals surface area (Å²) in [6, 6.07) is -0.0244. The van der Waals surface area contributed by atoms with Crippen molar-refractivity contribution in [1.82, 2.24) is 9.88 Å². The van der Waals surface area contributed by atoms with Crippen molar-refractivity contribution in [3.05, 3.63) is 28.2 Å². The fourth-order valence-electron chi connectivity index (χ4n) is 2.12. The first kappa shape index (κ1) is 16.3. The van der Waals surface area contributed by atoms with Crippen molar-refractivity contribution < 1.29 is 22.7 Å². The molecule has 0 aromatic carbocycles. The Hall–Kier alpha value is -2.03. The maximum absolute atomic E-state index is 12.6. The number of hydrogen-bond acceptors (Lipinski definition) is 3. The lowest BCUT2D eigenvalue weighted by Gasteiger charge is -2.37. The van der Waals surface area contributed by atoms with Gasteiger partial charge in [-0.05, 0) is 19.9 Å². The minimum absolute atomic E-state index is 0.274. The van der Waals surface area contributed by atoms with Gasteiger partial charge in [-0.15, -0.1) is 0 Å². The molecule has 0 radical (unpaired) electrons. The van der Waals surface area contributed by atoms with Crippen LogP contribution in [0.15, 0.2) is 17.1 Å². The van der Waals surface area contributed by atoms with Crippen LogP contribution in [0.4, 0.5) is 23.7 Å². The molecule has 0 spiro atoms. The topological polar surface area (TPSA) is 74.4 Å². The second-order valence-electron chi connectivity index (χ2n) is 5.59. The molecule has 0 saturated carbocycles. The Bertz CT molecular complexity index is 625. The molecular formula is C13H16F3N3O3. The van der Waals surface area contributed by atoms with Gasteiger partial charge in [0.2, 0.25) is 0 Å². The Morgan fingerprint density at radius 3 is 2.73 bits per heavy atom. The highest BCUT2D eigenvalue weighted by Crippen LogP contribution is 2.29. The number of carbonyl (C=O) groups is 1. The number of pyridine rings is 1. The summed E-state index contributed by atoms with van der Waals surface area (Å²) in [5.41, 5.74) is -2.82. The van der Waals surface area contributed by atoms with Gasteiger partial charge in [0.1, 0.15) is 5.69 Å². The highest BCUT2D eigenvalue weighted by atomic mass is 19.4. The first-order chi connectivity index (χ1) is 10.1. The van der Waals surface area contributed by atoms with Gasteiger partial charge in [-0.3, -0.25) is 4.79 Å². The van der Waals surface area contributed by atoms with Crippen molar-refractivity contribution >= 4 is 11.7 Å². The van der Waals surface area contributed by atoms with Gasteiger partial charge in [0.05, 0.1) is 24.3 Å². The third-order valence-corrected chi connectivity index (χ3v) is 3.19. The van der Waals surface area contributed by atoms with Crippen LogP contribution in [0.25, 0.3) is 0 Å². The molecule has 0 unspecified atom stereocenters. The van der Waals surface area contributed by atoms with E-state index in [9.17, 15) is 22.8 Å². The number of rotatable bonds is 1. The number of urea groups is 1. The van der Waals surface area contributed by atoms with Crippen LogP contribution in [0.2, 0.25) is 0 Å². The van der Waals surface area contributed by atoms with E-state index >= 15 is 0 Å². The number of halogens is 3. The highest BCUT2D eigenvalue weighted by Gasteiger charge is 2.33. The number of alkyl halides is 3. The number of carbonyl (C=O) groups excluding carboxylic acids is 1. The first-order valence-electron chi connectivity index (χ1n) is 6.58. The van der Waals surface area contributed by atoms with E-state index < -0.39 is 34.6 Å². The number of morpholine rings is 1. The summed E-state index contributed by atoms with van der Waals surface area (Å²) in [6.45, 7) is 4.48. The smallest absolute Gasteiger partial charge is 0.372 e. The maximum atomic E-state index is 12.6. The van der Waals surface area contributed by atoms with Gasteiger partial charge in [0.25, 0.3) is 5.56 Å². The van der Waals surface area contributed by atoms with Crippen molar-refractivity contribution in [2.45, 2.75) is 25.6 Å². The lowest BCUT2D eigenvalue weighted by atomic mass is 10.1. The van der Waals surface area contributed by atoms with Crippen molar-refractivity contribution in [1.29, 1.82) is 0 Å². The van der Waals surface area contributed by atoms with Crippen LogP contribution in [0.5, 0.6) is 0 Å². The zero-order valence-electron chi connectivity index (χ0n) is 12.1. The molecule has 1 aromatic rings. The predicted octanol–water partition coefficient (Wildman–Crippen LogP) is 2.04. The third-order valence-electron chi connectivity index (χ3n) is 3.19. The van der Waals surface area contributed by atoms with Crippen LogP contribution in [0.1, 0.15) is 19.4 Å². The van der Waals surface area contributed by atoms with Crippen LogP contribution in [0, 0.1) is 0 Å². The fraction of sp³-hybridized carbons (Fsp3) is 0.538. The van der Waals surface area contributed by atoms with Crippen LogP contribution >= 0.6 is 0 Å². The molecule has 1 aliphatic rings. The Balaban J connectivity index is 2.16. The summed E-state index contributed by atoms with van der Waals surface area (Å²) in [5, 5.41) is 2.22. The van der Waals surface area contributed by atoms with E-state index in [1.165, 1.54) is 4.90 Å². The maximum Gasteiger partial charge on any atom is 0.417 e. The average molecular weight is 319 g/mol. The van der Waals surface area contributed by atoms with Gasteiger partial charge in [0, 0.05) is 12.7 Å². The molecule has 1 saturated heterocycles. The van der Waals surface area contributed by atoms with Gasteiger partial charge in [-0.2, -0.15) is 13.2 Å². The highest BCUT2D eigenvalue weighted by molar-refractivity contribution is 5.89. The molecule has 9 heteroatoms. The normalized spacial score (nSPS) is 18.1. The van der Waals surface area contributed by atoms with Gasteiger partial charge in [-0.1, -0.05) is 0 Å². The van der Waals surface area contributed by atoms with Gasteiger partial charge >= 0.3 is 12.2 Å². The SMILES string of the molecule is CC1(C)CN(C(=O)Nc2cc(C(F)(F)F)c[nH]c2=O)CCO1. The van der Waals surface area contributed by atoms with Crippen molar-refractivity contribution in [3.8, 4) is 0 Å². The second-order valence-corrected chi connectivity index (χ2v) is 5.59. The minimum Gasteiger partial charge on any atom is -0.372 e. The van der Waals surface area contributed by atoms with E-state index in [1.54, 1.807) is 13.8 Å². The number of aromatic amines is 1. The number of nitrogens with zero attached hydrogens (tertiary/aromatic N) is 1. The lowest BCUT2D eigenvalue weighted by molar-refractivity contribution is -0.137. The summed E-state index contributed by atoms with van der Waals surface area (Å²) in [6.07, 6.45) is -4.04. The Labute approximate surface area is 124 Å². The van der Waals surface area contributed by atoms with E-state index in [0.29, 0.717) is 25.4 Å². The molecule has 0 aliphatic carbocycles. The van der Waals surface area contributed by atoms with E-state index in [0.717, 1.165) is 0 Å². The molecule has 6 nitrogen and oxygen atoms in total. The molecular weight excluding hydrogens is 303 g/mol. The van der Waals surface area contributed by atoms with Gasteiger partial charge in [0.15, 0.2) is 0 Å². The molecule has 0 atom stereocenters. The quantitative estimate of drug-likeness (QED) is 0.832. The Morgan fingerprint density at radius 1 is 1.45 bits per heavy atom. The summed E-state index contributed by atoms with van der Waals surface area (Å²) < 4.78 is 43.3. The van der Waals surface area contributed by atoms with Crippen molar-refractivity contribution in [2.75, 3.05) is 25.0 Å². The van der Waals surface area contributed by atoms with E-state index in [1.807, 2.05) is 4.98 Å². The lowest BCUT2D eigenvalue weighted by Crippen LogP contribution is -2.52. The second kappa shape index (κ2) is 5.64. The molecule has 1 aromatic heterocycles. The number of ether oxygens (including phenoxy) is 1. The number of H-pyrrole nitrogens is 1. The monoisotopic (exact) mass is 319 g/mol. The molecule has 2 rings (SSSR count). The molecule has 2 heterocycles. The molecule has 1 fully saturated rings. The van der Waals surface area contributed by atoms with Crippen molar-refractivity contribution in [2.24, 2.45) is 0 Å². The van der Waals surface area contributed by atoms with E-state index in [-0.39, 0.29) is 6.54 Å². The zero-order valence-corrected chi connectivity index (χ0v) is 12.1. The number of hydrogen-bond donors (Lipinski definition) is 2. The Kier molecular flexibility index (Phi) is 4.19. The number of amides is 2. The summed E-state index contributed by atoms with van der Waals surface area (Å²) >= 11 is 0. The van der Waals surface area contributed by atoms with Crippen LogP contribution < -0.4 is 10.9 Å². The van der Waals surface area contributed by atoms with Crippen LogP contribution in [-0.2, 0) is 10.9 Å². The first-order valence-corrected chi connectivity index (χ1v) is 6.58. The average Bonchev–Trinajstić information content (AvgIpc) is 2.38. The molecule has 22 heavy (non-hydrogen) atoms. The molecule has 122 valence electrons. The molecule has 1 aliphatic heterocycles. The third kappa shape index (κ3) is 3.79. The predicted molar refractivity (Wildman–Crippen MR) is 72.7 cm³/mol. The van der Waals surface area contributed by atoms with Crippen LogP contribution in [-0.4, -0.2) is 41.2 Å². The zero-order chi connectivity index (χ0) is 16.5. The minimum atomic E-state index is -4.61. The van der Waals surface area contributed by atoms with Gasteiger partial charge in [-0.25, -0.2) is 4.79 Å². The molecule has 2 N–H and O–H groups in total. The standard InChI is InChI=1S/C13H16F3N3O3/c1-12(2)7-19(3-4-22-12)11(21)18-9-5-8(13(14,15)16)6-17-10(9)20/h5-6H,3-4,7H2,1-2H3,(H,17,20)(H,18,21). The molecule has 0 bridgehead atoms. The summed E-state index contributed by atoms with van der Waals surface area (Å²) in [5.74, 6) is 0. The van der Waals surface area contributed by atoms with Crippen LogP contribution in [0.3, 0.4) is 0 Å². The fourth-order valence-corrected chi connectivity index (χ4v) is 2.12. The van der Waals surface area contributed by atoms with E-state index in [4.69, 9.17) is 4.74 Å². The summed E-state index contributed by atoms with van der Waals surface area (Å²) in [4.78, 5) is 27.0. The summed E-state index contributed by atoms with van der Waals surface area (Å²) in [7, 11) is 0. The van der Waals surface area contributed by atoms with Crippen molar-refractivity contribution in [3.63, 3.8) is 0 Å². The largest absolute Gasteiger partial charge is 0.417 e. The number of aromatic nitrogens is 1. The van der Waals surface area contributed by atoms with Gasteiger partial charge < -0.3 is 19.9 Å². The Morgan fingerprint density at radius 2 is 2.14 bits per heavy atom. The molecule has 2 amide bonds. The van der Waals surface area contributed by atoms with E-state index in [2.05, 4.69) is 5.32 Å². The number of anilines is 1. The number of nitrogens with one attached hydrogen (secondary N) is 2.